The van der Waals surface area contributed by atoms with Gasteiger partial charge in [-0.1, -0.05) is 48.5 Å². The molecular formula is C12H20BrNO2. The normalized spacial score (nSPS) is 18.2. The predicted octanol–water partition coefficient (Wildman–Crippen LogP) is 2.87. The van der Waals surface area contributed by atoms with Crippen molar-refractivity contribution in [2.24, 2.45) is 0 Å². The molecule has 4 heteroatoms. The van der Waals surface area contributed by atoms with Crippen LogP contribution in [-0.4, -0.2) is 28.1 Å². The van der Waals surface area contributed by atoms with Crippen molar-refractivity contribution in [1.82, 2.24) is 4.90 Å². The fourth-order valence-electron chi connectivity index (χ4n) is 1.91. The molecule has 16 heavy (non-hydrogen) atoms. The molecule has 1 rings (SSSR count). The second-order valence-electron chi connectivity index (χ2n) is 4.34. The van der Waals surface area contributed by atoms with Crippen molar-refractivity contribution in [3.8, 4) is 0 Å². The Bertz CT molecular complexity index is 239. The molecule has 0 radical (unpaired) electrons. The predicted molar refractivity (Wildman–Crippen MR) is 67.4 cm³/mol. The fourth-order valence-corrected chi connectivity index (χ4v) is 2.52. The van der Waals surface area contributed by atoms with E-state index in [4.69, 9.17) is 0 Å². The van der Waals surface area contributed by atoms with Crippen molar-refractivity contribution < 1.29 is 9.59 Å². The molecule has 2 amide bonds. The Kier molecular flexibility index (Phi) is 6.03. The number of amides is 2. The summed E-state index contributed by atoms with van der Waals surface area (Å²) in [5.41, 5.74) is 0. The maximum atomic E-state index is 11.4. The van der Waals surface area contributed by atoms with Crippen molar-refractivity contribution in [2.45, 2.75) is 56.7 Å². The molecule has 0 aromatic heterocycles. The van der Waals surface area contributed by atoms with Crippen molar-refractivity contribution in [1.29, 1.82) is 0 Å². The molecule has 1 aliphatic rings. The molecule has 0 N–H and O–H groups in total. The van der Waals surface area contributed by atoms with Crippen molar-refractivity contribution >= 4 is 27.7 Å². The van der Waals surface area contributed by atoms with E-state index in [1.54, 1.807) is 0 Å². The molecule has 1 saturated heterocycles. The number of unbranched alkanes of at least 4 members (excludes halogenated alkanes) is 3. The minimum Gasteiger partial charge on any atom is -0.281 e. The van der Waals surface area contributed by atoms with Crippen LogP contribution in [0.2, 0.25) is 0 Å². The highest BCUT2D eigenvalue weighted by Gasteiger charge is 2.29. The van der Waals surface area contributed by atoms with Gasteiger partial charge in [0.15, 0.2) is 0 Å². The molecule has 1 unspecified atom stereocenters. The van der Waals surface area contributed by atoms with Crippen LogP contribution in [-0.2, 0) is 9.59 Å². The number of halogens is 1. The van der Waals surface area contributed by atoms with Crippen LogP contribution in [0.3, 0.4) is 0 Å². The van der Waals surface area contributed by atoms with Crippen molar-refractivity contribution in [3.63, 3.8) is 0 Å². The third-order valence-corrected chi connectivity index (χ3v) is 3.65. The van der Waals surface area contributed by atoms with Gasteiger partial charge in [-0.2, -0.15) is 0 Å². The first-order valence-electron chi connectivity index (χ1n) is 6.12. The summed E-state index contributed by atoms with van der Waals surface area (Å²) in [7, 11) is 0. The highest BCUT2D eigenvalue weighted by molar-refractivity contribution is 9.09. The summed E-state index contributed by atoms with van der Waals surface area (Å²) in [5.74, 6) is -0.0222. The molecular weight excluding hydrogens is 270 g/mol. The van der Waals surface area contributed by atoms with E-state index in [0.29, 0.717) is 19.4 Å². The largest absolute Gasteiger partial charge is 0.281 e. The summed E-state index contributed by atoms with van der Waals surface area (Å²) < 4.78 is 0. The maximum absolute atomic E-state index is 11.4. The van der Waals surface area contributed by atoms with E-state index in [-0.39, 0.29) is 16.6 Å². The van der Waals surface area contributed by atoms with Gasteiger partial charge in [-0.25, -0.2) is 0 Å². The van der Waals surface area contributed by atoms with Crippen LogP contribution in [0, 0.1) is 0 Å². The van der Waals surface area contributed by atoms with Crippen molar-refractivity contribution in [2.75, 3.05) is 6.54 Å². The van der Waals surface area contributed by atoms with Gasteiger partial charge in [-0.05, 0) is 6.42 Å². The number of likely N-dealkylation sites (tertiary alicyclic amines) is 1. The van der Waals surface area contributed by atoms with Gasteiger partial charge in [-0.15, -0.1) is 0 Å². The van der Waals surface area contributed by atoms with Crippen LogP contribution < -0.4 is 0 Å². The van der Waals surface area contributed by atoms with Crippen LogP contribution in [0.5, 0.6) is 0 Å². The van der Waals surface area contributed by atoms with E-state index in [1.165, 1.54) is 30.6 Å². The molecule has 92 valence electrons. The standard InChI is InChI=1S/C12H20BrNO2/c1-2-3-4-5-6-10(13)9-14-11(15)7-8-12(14)16/h10H,2-9H2,1H3. The second kappa shape index (κ2) is 7.05. The zero-order valence-corrected chi connectivity index (χ0v) is 11.5. The van der Waals surface area contributed by atoms with E-state index in [2.05, 4.69) is 22.9 Å². The summed E-state index contributed by atoms with van der Waals surface area (Å²) in [4.78, 5) is 24.4. The third-order valence-electron chi connectivity index (χ3n) is 2.91. The molecule has 1 atom stereocenters. The Labute approximate surface area is 106 Å². The summed E-state index contributed by atoms with van der Waals surface area (Å²) in [5, 5.41) is 0. The Hall–Kier alpha value is -0.380. The highest BCUT2D eigenvalue weighted by Crippen LogP contribution is 2.18. The average molecular weight is 290 g/mol. The number of carbonyl (C=O) groups excluding carboxylic acids is 2. The van der Waals surface area contributed by atoms with E-state index < -0.39 is 0 Å². The van der Waals surface area contributed by atoms with E-state index in [1.807, 2.05) is 0 Å². The maximum Gasteiger partial charge on any atom is 0.229 e. The van der Waals surface area contributed by atoms with Crippen molar-refractivity contribution in [3.05, 3.63) is 0 Å². The number of hydrogen-bond donors (Lipinski definition) is 0. The first-order valence-corrected chi connectivity index (χ1v) is 7.04. The Morgan fingerprint density at radius 1 is 1.19 bits per heavy atom. The third kappa shape index (κ3) is 4.24. The molecule has 3 nitrogen and oxygen atoms in total. The molecule has 0 saturated carbocycles. The summed E-state index contributed by atoms with van der Waals surface area (Å²) in [6.07, 6.45) is 6.73. The van der Waals surface area contributed by atoms with Crippen LogP contribution in [0.25, 0.3) is 0 Å². The second-order valence-corrected chi connectivity index (χ2v) is 5.64. The highest BCUT2D eigenvalue weighted by atomic mass is 79.9. The summed E-state index contributed by atoms with van der Waals surface area (Å²) in [6.45, 7) is 2.73. The van der Waals surface area contributed by atoms with E-state index in [0.717, 1.165) is 6.42 Å². The fraction of sp³-hybridized carbons (Fsp3) is 0.833. The minimum absolute atomic E-state index is 0.0111. The minimum atomic E-state index is -0.0111. The van der Waals surface area contributed by atoms with Crippen LogP contribution in [0.15, 0.2) is 0 Å². The lowest BCUT2D eigenvalue weighted by Crippen LogP contribution is -2.34. The smallest absolute Gasteiger partial charge is 0.229 e. The van der Waals surface area contributed by atoms with Gasteiger partial charge in [-0.3, -0.25) is 14.5 Å². The summed E-state index contributed by atoms with van der Waals surface area (Å²) in [6, 6.07) is 0. The van der Waals surface area contributed by atoms with Gasteiger partial charge in [0.1, 0.15) is 0 Å². The molecule has 1 heterocycles. The number of alkyl halides is 1. The SMILES string of the molecule is CCCCCCC(Br)CN1C(=O)CCC1=O. The van der Waals surface area contributed by atoms with Crippen LogP contribution >= 0.6 is 15.9 Å². The van der Waals surface area contributed by atoms with Gasteiger partial charge < -0.3 is 0 Å². The van der Waals surface area contributed by atoms with Gasteiger partial charge >= 0.3 is 0 Å². The summed E-state index contributed by atoms with van der Waals surface area (Å²) >= 11 is 3.55. The molecule has 0 aliphatic carbocycles. The zero-order chi connectivity index (χ0) is 12.0. The quantitative estimate of drug-likeness (QED) is 0.411. The monoisotopic (exact) mass is 289 g/mol. The van der Waals surface area contributed by atoms with E-state index >= 15 is 0 Å². The number of imide groups is 1. The lowest BCUT2D eigenvalue weighted by atomic mass is 10.1. The molecule has 1 fully saturated rings. The zero-order valence-electron chi connectivity index (χ0n) is 9.88. The van der Waals surface area contributed by atoms with Crippen LogP contribution in [0.4, 0.5) is 0 Å². The number of hydrogen-bond acceptors (Lipinski definition) is 2. The van der Waals surface area contributed by atoms with Crippen LogP contribution in [0.1, 0.15) is 51.9 Å². The Morgan fingerprint density at radius 2 is 1.81 bits per heavy atom. The number of nitrogens with zero attached hydrogens (tertiary/aromatic N) is 1. The Balaban J connectivity index is 2.20. The lowest BCUT2D eigenvalue weighted by Gasteiger charge is -2.17. The number of carbonyl (C=O) groups is 2. The molecule has 0 bridgehead atoms. The lowest BCUT2D eigenvalue weighted by molar-refractivity contribution is -0.138. The molecule has 0 aromatic rings. The van der Waals surface area contributed by atoms with Gasteiger partial charge in [0.05, 0.1) is 0 Å². The molecule has 0 aromatic carbocycles. The average Bonchev–Trinajstić information content (AvgIpc) is 2.56. The number of rotatable bonds is 7. The van der Waals surface area contributed by atoms with Gasteiger partial charge in [0, 0.05) is 24.2 Å². The molecule has 1 aliphatic heterocycles. The van der Waals surface area contributed by atoms with Gasteiger partial charge in [0.25, 0.3) is 0 Å². The van der Waals surface area contributed by atoms with E-state index in [9.17, 15) is 9.59 Å². The first kappa shape index (κ1) is 13.7. The molecule has 0 spiro atoms. The topological polar surface area (TPSA) is 37.4 Å². The van der Waals surface area contributed by atoms with Gasteiger partial charge in [0.2, 0.25) is 11.8 Å². The first-order chi connectivity index (χ1) is 7.65. The Morgan fingerprint density at radius 3 is 2.38 bits per heavy atom.